The molecule has 21 heavy (non-hydrogen) atoms. The highest BCUT2D eigenvalue weighted by atomic mass is 16.2. The van der Waals surface area contributed by atoms with Crippen LogP contribution in [0.15, 0.2) is 24.3 Å². The van der Waals surface area contributed by atoms with Crippen molar-refractivity contribution in [2.24, 2.45) is 5.92 Å². The number of hydrogen-bond acceptors (Lipinski definition) is 4. The predicted molar refractivity (Wildman–Crippen MR) is 81.3 cm³/mol. The topological polar surface area (TPSA) is 79.9 Å². The third-order valence-electron chi connectivity index (χ3n) is 2.81. The van der Waals surface area contributed by atoms with Gasteiger partial charge in [-0.2, -0.15) is 10.5 Å². The van der Waals surface area contributed by atoms with Crippen molar-refractivity contribution in [1.82, 2.24) is 4.90 Å². The maximum atomic E-state index is 12.0. The van der Waals surface area contributed by atoms with Crippen molar-refractivity contribution in [3.05, 3.63) is 29.8 Å². The molecule has 0 radical (unpaired) electrons. The number of nitrogens with zero attached hydrogens (tertiary/aromatic N) is 3. The van der Waals surface area contributed by atoms with Gasteiger partial charge >= 0.3 is 0 Å². The standard InChI is InChI=1S/C16H20N4O/c1-13(2)11-20(8-4-7-17)12-16(21)19-15-6-3-5-14(9-15)10-18/h3,5-6,9,13H,4,8,11-12H2,1-2H3,(H,19,21). The van der Waals surface area contributed by atoms with Crippen molar-refractivity contribution < 1.29 is 4.79 Å². The molecule has 1 N–H and O–H groups in total. The van der Waals surface area contributed by atoms with E-state index in [1.54, 1.807) is 24.3 Å². The summed E-state index contributed by atoms with van der Waals surface area (Å²) in [7, 11) is 0. The summed E-state index contributed by atoms with van der Waals surface area (Å²) >= 11 is 0. The smallest absolute Gasteiger partial charge is 0.238 e. The number of carbonyl (C=O) groups is 1. The third-order valence-corrected chi connectivity index (χ3v) is 2.81. The zero-order chi connectivity index (χ0) is 15.7. The summed E-state index contributed by atoms with van der Waals surface area (Å²) in [6.07, 6.45) is 0.407. The minimum Gasteiger partial charge on any atom is -0.325 e. The molecule has 1 amide bonds. The van der Waals surface area contributed by atoms with E-state index in [0.29, 0.717) is 30.1 Å². The Morgan fingerprint density at radius 2 is 2.14 bits per heavy atom. The van der Waals surface area contributed by atoms with E-state index < -0.39 is 0 Å². The average Bonchev–Trinajstić information content (AvgIpc) is 2.44. The molecule has 0 heterocycles. The number of amides is 1. The van der Waals surface area contributed by atoms with Crippen LogP contribution in [0.1, 0.15) is 25.8 Å². The van der Waals surface area contributed by atoms with Gasteiger partial charge in [-0.05, 0) is 24.1 Å². The van der Waals surface area contributed by atoms with Crippen molar-refractivity contribution in [2.75, 3.05) is 25.0 Å². The number of anilines is 1. The molecule has 0 atom stereocenters. The summed E-state index contributed by atoms with van der Waals surface area (Å²) in [6.45, 7) is 5.76. The number of nitriles is 2. The molecule has 0 unspecified atom stereocenters. The van der Waals surface area contributed by atoms with Crippen LogP contribution in [0.3, 0.4) is 0 Å². The highest BCUT2D eigenvalue weighted by molar-refractivity contribution is 5.92. The second kappa shape index (κ2) is 8.73. The van der Waals surface area contributed by atoms with Gasteiger partial charge in [0.15, 0.2) is 0 Å². The van der Waals surface area contributed by atoms with Gasteiger partial charge in [-0.1, -0.05) is 19.9 Å². The fourth-order valence-corrected chi connectivity index (χ4v) is 2.03. The Labute approximate surface area is 125 Å². The Bertz CT molecular complexity index is 554. The van der Waals surface area contributed by atoms with E-state index in [-0.39, 0.29) is 12.5 Å². The van der Waals surface area contributed by atoms with Gasteiger partial charge in [-0.15, -0.1) is 0 Å². The minimum absolute atomic E-state index is 0.135. The SMILES string of the molecule is CC(C)CN(CCC#N)CC(=O)Nc1cccc(C#N)c1. The molecule has 0 bridgehead atoms. The van der Waals surface area contributed by atoms with E-state index in [0.717, 1.165) is 6.54 Å². The van der Waals surface area contributed by atoms with Crippen LogP contribution in [0.2, 0.25) is 0 Å². The zero-order valence-corrected chi connectivity index (χ0v) is 12.5. The van der Waals surface area contributed by atoms with Gasteiger partial charge in [0.25, 0.3) is 0 Å². The van der Waals surface area contributed by atoms with Crippen LogP contribution in [0.4, 0.5) is 5.69 Å². The molecule has 0 fully saturated rings. The van der Waals surface area contributed by atoms with Crippen LogP contribution >= 0.6 is 0 Å². The van der Waals surface area contributed by atoms with E-state index in [9.17, 15) is 4.79 Å². The first-order chi connectivity index (χ1) is 10.0. The largest absolute Gasteiger partial charge is 0.325 e. The lowest BCUT2D eigenvalue weighted by atomic mass is 10.2. The average molecular weight is 284 g/mol. The van der Waals surface area contributed by atoms with E-state index in [1.807, 2.05) is 11.0 Å². The van der Waals surface area contributed by atoms with Crippen LogP contribution < -0.4 is 5.32 Å². The van der Waals surface area contributed by atoms with Crippen LogP contribution in [0.5, 0.6) is 0 Å². The van der Waals surface area contributed by atoms with Crippen molar-refractivity contribution in [3.63, 3.8) is 0 Å². The first-order valence-electron chi connectivity index (χ1n) is 6.94. The second-order valence-corrected chi connectivity index (χ2v) is 5.28. The van der Waals surface area contributed by atoms with Crippen molar-refractivity contribution in [1.29, 1.82) is 10.5 Å². The zero-order valence-electron chi connectivity index (χ0n) is 12.5. The van der Waals surface area contributed by atoms with Crippen molar-refractivity contribution >= 4 is 11.6 Å². The number of carbonyl (C=O) groups excluding carboxylic acids is 1. The third kappa shape index (κ3) is 6.56. The number of benzene rings is 1. The molecule has 110 valence electrons. The molecule has 0 aliphatic heterocycles. The molecule has 0 spiro atoms. The van der Waals surface area contributed by atoms with Gasteiger partial charge in [0, 0.05) is 25.2 Å². The first-order valence-corrected chi connectivity index (χ1v) is 6.94. The second-order valence-electron chi connectivity index (χ2n) is 5.28. The molecule has 0 aliphatic carbocycles. The number of rotatable bonds is 7. The van der Waals surface area contributed by atoms with Gasteiger partial charge in [-0.25, -0.2) is 0 Å². The Morgan fingerprint density at radius 1 is 1.38 bits per heavy atom. The molecule has 0 aliphatic rings. The lowest BCUT2D eigenvalue weighted by Gasteiger charge is -2.22. The normalized spacial score (nSPS) is 10.2. The molecule has 0 saturated heterocycles. The molecule has 0 aromatic heterocycles. The molecular formula is C16H20N4O. The van der Waals surface area contributed by atoms with Crippen LogP contribution in [-0.2, 0) is 4.79 Å². The number of nitrogens with one attached hydrogen (secondary N) is 1. The maximum absolute atomic E-state index is 12.0. The van der Waals surface area contributed by atoms with Crippen molar-refractivity contribution in [3.8, 4) is 12.1 Å². The summed E-state index contributed by atoms with van der Waals surface area (Å²) < 4.78 is 0. The van der Waals surface area contributed by atoms with Gasteiger partial charge in [0.05, 0.1) is 24.2 Å². The van der Waals surface area contributed by atoms with Crippen LogP contribution in [-0.4, -0.2) is 30.4 Å². The lowest BCUT2D eigenvalue weighted by Crippen LogP contribution is -2.36. The van der Waals surface area contributed by atoms with Gasteiger partial charge in [0.2, 0.25) is 5.91 Å². The Hall–Kier alpha value is -2.37. The van der Waals surface area contributed by atoms with E-state index >= 15 is 0 Å². The fourth-order valence-electron chi connectivity index (χ4n) is 2.03. The van der Waals surface area contributed by atoms with Crippen molar-refractivity contribution in [2.45, 2.75) is 20.3 Å². The maximum Gasteiger partial charge on any atom is 0.238 e. The Balaban J connectivity index is 2.60. The molecule has 0 saturated carbocycles. The highest BCUT2D eigenvalue weighted by Gasteiger charge is 2.12. The van der Waals surface area contributed by atoms with Gasteiger partial charge in [0.1, 0.15) is 0 Å². The summed E-state index contributed by atoms with van der Waals surface area (Å²) in [5.74, 6) is 0.294. The first kappa shape index (κ1) is 16.7. The van der Waals surface area contributed by atoms with E-state index in [4.69, 9.17) is 10.5 Å². The molecule has 1 aromatic rings. The molecule has 5 nitrogen and oxygen atoms in total. The fraction of sp³-hybridized carbons (Fsp3) is 0.438. The quantitative estimate of drug-likeness (QED) is 0.833. The predicted octanol–water partition coefficient (Wildman–Crippen LogP) is 2.37. The monoisotopic (exact) mass is 284 g/mol. The van der Waals surface area contributed by atoms with Crippen LogP contribution in [0.25, 0.3) is 0 Å². The Kier molecular flexibility index (Phi) is 6.94. The molecule has 5 heteroatoms. The van der Waals surface area contributed by atoms with E-state index in [1.165, 1.54) is 0 Å². The molecule has 1 aromatic carbocycles. The van der Waals surface area contributed by atoms with E-state index in [2.05, 4.69) is 25.2 Å². The number of hydrogen-bond donors (Lipinski definition) is 1. The summed E-state index contributed by atoms with van der Waals surface area (Å²) in [4.78, 5) is 14.0. The van der Waals surface area contributed by atoms with Gasteiger partial charge in [-0.3, -0.25) is 9.69 Å². The van der Waals surface area contributed by atoms with Gasteiger partial charge < -0.3 is 5.32 Å². The Morgan fingerprint density at radius 3 is 2.76 bits per heavy atom. The molecular weight excluding hydrogens is 264 g/mol. The summed E-state index contributed by atoms with van der Waals surface area (Å²) in [5, 5.41) is 20.3. The lowest BCUT2D eigenvalue weighted by molar-refractivity contribution is -0.117. The highest BCUT2D eigenvalue weighted by Crippen LogP contribution is 2.10. The molecule has 1 rings (SSSR count). The minimum atomic E-state index is -0.135. The van der Waals surface area contributed by atoms with Crippen LogP contribution in [0, 0.1) is 28.6 Å². The summed E-state index contributed by atoms with van der Waals surface area (Å²) in [6, 6.07) is 10.9. The summed E-state index contributed by atoms with van der Waals surface area (Å²) in [5.41, 5.74) is 1.13.